The molecule has 0 aromatic carbocycles. The Morgan fingerprint density at radius 1 is 1.59 bits per heavy atom. The number of alkyl halides is 1. The Balaban J connectivity index is 0.000000770. The van der Waals surface area contributed by atoms with E-state index >= 15 is 0 Å². The first kappa shape index (κ1) is 16.9. The lowest BCUT2D eigenvalue weighted by Crippen LogP contribution is -2.50. The van der Waals surface area contributed by atoms with Gasteiger partial charge in [0.1, 0.15) is 0 Å². The van der Waals surface area contributed by atoms with Gasteiger partial charge in [0.2, 0.25) is 0 Å². The molecule has 1 aliphatic heterocycles. The van der Waals surface area contributed by atoms with Crippen LogP contribution >= 0.6 is 22.3 Å². The molecule has 1 aliphatic rings. The highest BCUT2D eigenvalue weighted by molar-refractivity contribution is 8.15. The van der Waals surface area contributed by atoms with Crippen LogP contribution in [0, 0.1) is 0 Å². The van der Waals surface area contributed by atoms with Crippen molar-refractivity contribution in [3.63, 3.8) is 0 Å². The molecule has 0 spiro atoms. The number of carboxylic acids is 1. The van der Waals surface area contributed by atoms with E-state index in [1.165, 1.54) is 0 Å². The summed E-state index contributed by atoms with van der Waals surface area (Å²) < 4.78 is 20.4. The van der Waals surface area contributed by atoms with Crippen LogP contribution in [0.2, 0.25) is 0 Å². The van der Waals surface area contributed by atoms with Crippen LogP contribution in [0.3, 0.4) is 0 Å². The first-order valence-corrected chi connectivity index (χ1v) is 7.74. The molecule has 6 nitrogen and oxygen atoms in total. The summed E-state index contributed by atoms with van der Waals surface area (Å²) in [6.07, 6.45) is 0.270. The van der Waals surface area contributed by atoms with Crippen molar-refractivity contribution in [2.75, 3.05) is 19.0 Å². The zero-order valence-corrected chi connectivity index (χ0v) is 11.6. The highest BCUT2D eigenvalue weighted by Crippen LogP contribution is 2.28. The number of carboxylic acid groups (broad SMARTS) is 1. The summed E-state index contributed by atoms with van der Waals surface area (Å²) in [7, 11) is 0.952. The van der Waals surface area contributed by atoms with Crippen LogP contribution < -0.4 is 5.48 Å². The third-order valence-corrected chi connectivity index (χ3v) is 4.49. The second kappa shape index (κ2) is 7.38. The molecule has 9 heteroatoms. The summed E-state index contributed by atoms with van der Waals surface area (Å²) in [5.41, 5.74) is 2.28. The monoisotopic (exact) mass is 307 g/mol. The number of aliphatic carboxylic acids is 1. The molecule has 1 fully saturated rings. The van der Waals surface area contributed by atoms with Crippen molar-refractivity contribution in [3.05, 3.63) is 0 Å². The maximum absolute atomic E-state index is 11.2. The smallest absolute Gasteiger partial charge is 0.327 e. The van der Waals surface area contributed by atoms with Gasteiger partial charge in [0.05, 0.1) is 13.2 Å². The molecule has 1 heterocycles. The Hall–Kier alpha value is -0.0800. The van der Waals surface area contributed by atoms with Crippen LogP contribution in [0.4, 0.5) is 0 Å². The van der Waals surface area contributed by atoms with Gasteiger partial charge in [-0.15, -0.1) is 11.6 Å². The summed E-state index contributed by atoms with van der Waals surface area (Å²) in [4.78, 5) is 15.7. The Kier molecular flexibility index (Phi) is 7.34. The molecule has 1 unspecified atom stereocenters. The van der Waals surface area contributed by atoms with E-state index < -0.39 is 19.8 Å². The maximum atomic E-state index is 11.2. The van der Waals surface area contributed by atoms with Crippen molar-refractivity contribution in [1.82, 2.24) is 5.48 Å². The molecule has 0 saturated carbocycles. The van der Waals surface area contributed by atoms with Gasteiger partial charge >= 0.3 is 5.97 Å². The molecule has 1 atom stereocenters. The standard InChI is InChI=1S/C6H10ClNO5S.C2H5Cl/c7-14(11,12)6(5(9)10)2-1-3-13-8-4-6;1-2-3/h8H,1-4H2,(H,9,10);2H2,1H3. The van der Waals surface area contributed by atoms with Crippen LogP contribution in [0.1, 0.15) is 19.8 Å². The lowest BCUT2D eigenvalue weighted by Gasteiger charge is -2.22. The SMILES string of the molecule is CCCl.O=C(O)C1(S(=O)(=O)Cl)CCCONC1. The van der Waals surface area contributed by atoms with Crippen LogP contribution in [0.5, 0.6) is 0 Å². The van der Waals surface area contributed by atoms with E-state index in [1.807, 2.05) is 6.92 Å². The first-order chi connectivity index (χ1) is 7.81. The number of hydroxylamine groups is 1. The van der Waals surface area contributed by atoms with Gasteiger partial charge in [-0.3, -0.25) is 4.79 Å². The van der Waals surface area contributed by atoms with E-state index in [0.29, 0.717) is 6.42 Å². The molecular formula is C8H15Cl2NO5S. The molecule has 0 bridgehead atoms. The van der Waals surface area contributed by atoms with Crippen molar-refractivity contribution in [2.45, 2.75) is 24.5 Å². The van der Waals surface area contributed by atoms with E-state index in [9.17, 15) is 13.2 Å². The Morgan fingerprint density at radius 3 is 2.53 bits per heavy atom. The van der Waals surface area contributed by atoms with Crippen LogP contribution in [-0.2, 0) is 18.7 Å². The van der Waals surface area contributed by atoms with Gasteiger partial charge in [-0.25, -0.2) is 13.9 Å². The van der Waals surface area contributed by atoms with Gasteiger partial charge in [-0.1, -0.05) is 6.92 Å². The number of hydrogen-bond donors (Lipinski definition) is 2. The molecular weight excluding hydrogens is 293 g/mol. The normalized spacial score (nSPS) is 25.4. The number of nitrogens with one attached hydrogen (secondary N) is 1. The third kappa shape index (κ3) is 4.59. The molecule has 1 rings (SSSR count). The van der Waals surface area contributed by atoms with E-state index in [1.54, 1.807) is 0 Å². The molecule has 0 amide bonds. The molecule has 0 aromatic heterocycles. The van der Waals surface area contributed by atoms with Crippen molar-refractivity contribution >= 4 is 37.3 Å². The predicted octanol–water partition coefficient (Wildman–Crippen LogP) is 0.939. The molecule has 102 valence electrons. The zero-order valence-electron chi connectivity index (χ0n) is 9.28. The van der Waals surface area contributed by atoms with Gasteiger partial charge in [-0.2, -0.15) is 0 Å². The fourth-order valence-corrected chi connectivity index (χ4v) is 2.67. The number of rotatable bonds is 2. The average Bonchev–Trinajstić information content (AvgIpc) is 2.43. The van der Waals surface area contributed by atoms with Gasteiger partial charge in [0.15, 0.2) is 4.75 Å². The highest BCUT2D eigenvalue weighted by Gasteiger charge is 2.50. The van der Waals surface area contributed by atoms with Crippen LogP contribution in [0.25, 0.3) is 0 Å². The van der Waals surface area contributed by atoms with Gasteiger partial charge in [0, 0.05) is 16.6 Å². The second-order valence-corrected chi connectivity index (χ2v) is 6.69. The summed E-state index contributed by atoms with van der Waals surface area (Å²) in [5, 5.41) is 8.89. The number of carbonyl (C=O) groups is 1. The minimum atomic E-state index is -4.18. The zero-order chi connectivity index (χ0) is 13.5. The highest BCUT2D eigenvalue weighted by atomic mass is 35.7. The van der Waals surface area contributed by atoms with E-state index in [2.05, 4.69) is 5.48 Å². The van der Waals surface area contributed by atoms with Crippen molar-refractivity contribution in [2.24, 2.45) is 0 Å². The largest absolute Gasteiger partial charge is 0.480 e. The van der Waals surface area contributed by atoms with Crippen molar-refractivity contribution in [3.8, 4) is 0 Å². The Bertz CT molecular complexity index is 338. The van der Waals surface area contributed by atoms with Crippen LogP contribution in [-0.4, -0.2) is 43.3 Å². The number of halogens is 2. The average molecular weight is 308 g/mol. The Morgan fingerprint density at radius 2 is 2.12 bits per heavy atom. The molecule has 2 N–H and O–H groups in total. The summed E-state index contributed by atoms with van der Waals surface area (Å²) in [5.74, 6) is -0.731. The molecule has 17 heavy (non-hydrogen) atoms. The van der Waals surface area contributed by atoms with Gasteiger partial charge < -0.3 is 9.94 Å². The molecule has 0 aliphatic carbocycles. The van der Waals surface area contributed by atoms with E-state index in [0.717, 1.165) is 5.88 Å². The first-order valence-electron chi connectivity index (χ1n) is 4.90. The van der Waals surface area contributed by atoms with Gasteiger partial charge in [0.25, 0.3) is 9.05 Å². The summed E-state index contributed by atoms with van der Waals surface area (Å²) in [6, 6.07) is 0. The van der Waals surface area contributed by atoms with Gasteiger partial charge in [-0.05, 0) is 12.8 Å². The third-order valence-electron chi connectivity index (χ3n) is 2.14. The van der Waals surface area contributed by atoms with Crippen LogP contribution in [0.15, 0.2) is 0 Å². The quantitative estimate of drug-likeness (QED) is 0.582. The van der Waals surface area contributed by atoms with E-state index in [4.69, 9.17) is 32.2 Å². The number of hydrogen-bond acceptors (Lipinski definition) is 5. The van der Waals surface area contributed by atoms with E-state index in [-0.39, 0.29) is 19.6 Å². The minimum Gasteiger partial charge on any atom is -0.480 e. The maximum Gasteiger partial charge on any atom is 0.327 e. The Labute approximate surface area is 110 Å². The molecule has 0 radical (unpaired) electrons. The lowest BCUT2D eigenvalue weighted by molar-refractivity contribution is -0.140. The predicted molar refractivity (Wildman–Crippen MR) is 64.7 cm³/mol. The fraction of sp³-hybridized carbons (Fsp3) is 0.875. The van der Waals surface area contributed by atoms with Crippen molar-refractivity contribution < 1.29 is 23.2 Å². The summed E-state index contributed by atoms with van der Waals surface area (Å²) >= 11 is 5.00. The lowest BCUT2D eigenvalue weighted by atomic mass is 10.0. The molecule has 1 saturated heterocycles. The summed E-state index contributed by atoms with van der Waals surface area (Å²) in [6.45, 7) is 1.82. The molecule has 0 aromatic rings. The topological polar surface area (TPSA) is 92.7 Å². The fourth-order valence-electron chi connectivity index (χ4n) is 1.25. The minimum absolute atomic E-state index is 0.0544. The second-order valence-electron chi connectivity index (χ2n) is 3.28. The van der Waals surface area contributed by atoms with Crippen molar-refractivity contribution in [1.29, 1.82) is 0 Å².